The lowest BCUT2D eigenvalue weighted by atomic mass is 10.1. The van der Waals surface area contributed by atoms with Gasteiger partial charge in [-0.1, -0.05) is 0 Å². The molecule has 1 amide bonds. The summed E-state index contributed by atoms with van der Waals surface area (Å²) in [5.41, 5.74) is 3.74. The van der Waals surface area contributed by atoms with Crippen LogP contribution in [0.15, 0.2) is 42.6 Å². The Kier molecular flexibility index (Phi) is 5.04. The second kappa shape index (κ2) is 7.77. The standard InChI is InChI=1S/C21H26N4O/c26-21(25-14-2-1-3-15-25)20-11-8-18(16-22-20)23-17-6-9-19(10-7-17)24-12-4-5-13-24/h6-11,16,23H,1-5,12-15H2. The predicted octanol–water partition coefficient (Wildman–Crippen LogP) is 4.05. The maximum absolute atomic E-state index is 12.5. The molecule has 3 heterocycles. The summed E-state index contributed by atoms with van der Waals surface area (Å²) in [6.45, 7) is 4.01. The van der Waals surface area contributed by atoms with Crippen molar-refractivity contribution in [3.05, 3.63) is 48.3 Å². The fourth-order valence-corrected chi connectivity index (χ4v) is 3.75. The number of hydrogen-bond acceptors (Lipinski definition) is 4. The summed E-state index contributed by atoms with van der Waals surface area (Å²) in [6, 6.07) is 12.3. The van der Waals surface area contributed by atoms with E-state index >= 15 is 0 Å². The molecule has 2 saturated heterocycles. The smallest absolute Gasteiger partial charge is 0.272 e. The molecule has 5 nitrogen and oxygen atoms in total. The lowest BCUT2D eigenvalue weighted by Crippen LogP contribution is -2.36. The molecule has 4 rings (SSSR count). The minimum atomic E-state index is 0.0474. The van der Waals surface area contributed by atoms with E-state index in [1.165, 1.54) is 24.9 Å². The largest absolute Gasteiger partial charge is 0.372 e. The third-order valence-corrected chi connectivity index (χ3v) is 5.25. The zero-order chi connectivity index (χ0) is 17.8. The van der Waals surface area contributed by atoms with Gasteiger partial charge in [-0.05, 0) is 68.5 Å². The molecule has 2 aromatic rings. The summed E-state index contributed by atoms with van der Waals surface area (Å²) in [4.78, 5) is 21.2. The number of pyridine rings is 1. The van der Waals surface area contributed by atoms with Crippen molar-refractivity contribution in [1.29, 1.82) is 0 Å². The number of anilines is 3. The zero-order valence-electron chi connectivity index (χ0n) is 15.2. The molecule has 2 fully saturated rings. The molecule has 1 N–H and O–H groups in total. The molecule has 26 heavy (non-hydrogen) atoms. The van der Waals surface area contributed by atoms with Crippen LogP contribution in [0.1, 0.15) is 42.6 Å². The number of hydrogen-bond donors (Lipinski definition) is 1. The number of rotatable bonds is 4. The van der Waals surface area contributed by atoms with E-state index in [0.29, 0.717) is 5.69 Å². The van der Waals surface area contributed by atoms with Crippen molar-refractivity contribution >= 4 is 23.0 Å². The topological polar surface area (TPSA) is 48.5 Å². The van der Waals surface area contributed by atoms with Crippen molar-refractivity contribution in [3.63, 3.8) is 0 Å². The molecular formula is C21H26N4O. The van der Waals surface area contributed by atoms with E-state index in [9.17, 15) is 4.79 Å². The molecule has 0 unspecified atom stereocenters. The first-order valence-corrected chi connectivity index (χ1v) is 9.67. The lowest BCUT2D eigenvalue weighted by molar-refractivity contribution is 0.0718. The summed E-state index contributed by atoms with van der Waals surface area (Å²) in [6.07, 6.45) is 7.72. The van der Waals surface area contributed by atoms with Gasteiger partial charge in [-0.3, -0.25) is 4.79 Å². The van der Waals surface area contributed by atoms with Gasteiger partial charge in [-0.15, -0.1) is 0 Å². The van der Waals surface area contributed by atoms with Crippen molar-refractivity contribution in [1.82, 2.24) is 9.88 Å². The van der Waals surface area contributed by atoms with E-state index in [-0.39, 0.29) is 5.91 Å². The van der Waals surface area contributed by atoms with Crippen LogP contribution in [-0.2, 0) is 0 Å². The van der Waals surface area contributed by atoms with Gasteiger partial charge in [0.15, 0.2) is 0 Å². The Balaban J connectivity index is 1.38. The molecule has 1 aromatic carbocycles. The first kappa shape index (κ1) is 16.9. The van der Waals surface area contributed by atoms with Crippen LogP contribution in [0.3, 0.4) is 0 Å². The minimum Gasteiger partial charge on any atom is -0.372 e. The van der Waals surface area contributed by atoms with Crippen LogP contribution < -0.4 is 10.2 Å². The molecule has 0 spiro atoms. The van der Waals surface area contributed by atoms with Gasteiger partial charge in [0, 0.05) is 37.6 Å². The molecular weight excluding hydrogens is 324 g/mol. The summed E-state index contributed by atoms with van der Waals surface area (Å²) < 4.78 is 0. The van der Waals surface area contributed by atoms with Gasteiger partial charge in [0.1, 0.15) is 5.69 Å². The Morgan fingerprint density at radius 1 is 0.808 bits per heavy atom. The predicted molar refractivity (Wildman–Crippen MR) is 105 cm³/mol. The van der Waals surface area contributed by atoms with Gasteiger partial charge in [0.25, 0.3) is 5.91 Å². The molecule has 0 bridgehead atoms. The van der Waals surface area contributed by atoms with Crippen molar-refractivity contribution in [2.75, 3.05) is 36.4 Å². The Morgan fingerprint density at radius 2 is 1.46 bits per heavy atom. The highest BCUT2D eigenvalue weighted by atomic mass is 16.2. The van der Waals surface area contributed by atoms with E-state index in [0.717, 1.165) is 50.4 Å². The van der Waals surface area contributed by atoms with Crippen molar-refractivity contribution in [3.8, 4) is 0 Å². The van der Waals surface area contributed by atoms with Gasteiger partial charge in [-0.2, -0.15) is 0 Å². The molecule has 0 atom stereocenters. The fourth-order valence-electron chi connectivity index (χ4n) is 3.75. The van der Waals surface area contributed by atoms with Gasteiger partial charge >= 0.3 is 0 Å². The molecule has 136 valence electrons. The number of benzene rings is 1. The van der Waals surface area contributed by atoms with Crippen molar-refractivity contribution in [2.45, 2.75) is 32.1 Å². The highest BCUT2D eigenvalue weighted by Crippen LogP contribution is 2.24. The van der Waals surface area contributed by atoms with E-state index in [1.54, 1.807) is 6.20 Å². The highest BCUT2D eigenvalue weighted by Gasteiger charge is 2.19. The Morgan fingerprint density at radius 3 is 2.12 bits per heavy atom. The SMILES string of the molecule is O=C(c1ccc(Nc2ccc(N3CCCC3)cc2)cn1)N1CCCCC1. The first-order valence-electron chi connectivity index (χ1n) is 9.67. The second-order valence-electron chi connectivity index (χ2n) is 7.15. The first-order chi connectivity index (χ1) is 12.8. The van der Waals surface area contributed by atoms with Gasteiger partial charge in [0.2, 0.25) is 0 Å². The average molecular weight is 350 g/mol. The Labute approximate surface area is 155 Å². The third-order valence-electron chi connectivity index (χ3n) is 5.25. The normalized spacial score (nSPS) is 17.4. The summed E-state index contributed by atoms with van der Waals surface area (Å²) in [5.74, 6) is 0.0474. The van der Waals surface area contributed by atoms with Gasteiger partial charge in [-0.25, -0.2) is 4.98 Å². The molecule has 5 heteroatoms. The number of piperidine rings is 1. The van der Waals surface area contributed by atoms with Crippen LogP contribution in [0.25, 0.3) is 0 Å². The van der Waals surface area contributed by atoms with Crippen molar-refractivity contribution < 1.29 is 4.79 Å². The Bertz CT molecular complexity index is 730. The van der Waals surface area contributed by atoms with Crippen LogP contribution in [0, 0.1) is 0 Å². The Hall–Kier alpha value is -2.56. The number of aromatic nitrogens is 1. The fraction of sp³-hybridized carbons (Fsp3) is 0.429. The van der Waals surface area contributed by atoms with Gasteiger partial charge in [0.05, 0.1) is 11.9 Å². The van der Waals surface area contributed by atoms with Crippen LogP contribution in [0.5, 0.6) is 0 Å². The van der Waals surface area contributed by atoms with Crippen molar-refractivity contribution in [2.24, 2.45) is 0 Å². The van der Waals surface area contributed by atoms with Crippen LogP contribution in [0.2, 0.25) is 0 Å². The number of likely N-dealkylation sites (tertiary alicyclic amines) is 1. The second-order valence-corrected chi connectivity index (χ2v) is 7.15. The molecule has 2 aliphatic heterocycles. The molecule has 0 radical (unpaired) electrons. The van der Waals surface area contributed by atoms with E-state index in [1.807, 2.05) is 17.0 Å². The maximum atomic E-state index is 12.5. The minimum absolute atomic E-state index is 0.0474. The average Bonchev–Trinajstić information content (AvgIpc) is 3.24. The van der Waals surface area contributed by atoms with E-state index in [4.69, 9.17) is 0 Å². The molecule has 0 saturated carbocycles. The number of amides is 1. The highest BCUT2D eigenvalue weighted by molar-refractivity contribution is 5.92. The lowest BCUT2D eigenvalue weighted by Gasteiger charge is -2.26. The van der Waals surface area contributed by atoms with Crippen LogP contribution in [-0.4, -0.2) is 42.0 Å². The molecule has 1 aromatic heterocycles. The van der Waals surface area contributed by atoms with Crippen LogP contribution >= 0.6 is 0 Å². The van der Waals surface area contributed by atoms with E-state index in [2.05, 4.69) is 39.5 Å². The summed E-state index contributed by atoms with van der Waals surface area (Å²) in [7, 11) is 0. The number of carbonyl (C=O) groups excluding carboxylic acids is 1. The zero-order valence-corrected chi connectivity index (χ0v) is 15.2. The summed E-state index contributed by atoms with van der Waals surface area (Å²) in [5, 5.41) is 3.36. The number of nitrogens with one attached hydrogen (secondary N) is 1. The molecule has 0 aliphatic carbocycles. The monoisotopic (exact) mass is 350 g/mol. The van der Waals surface area contributed by atoms with Crippen LogP contribution in [0.4, 0.5) is 17.1 Å². The number of carbonyl (C=O) groups is 1. The maximum Gasteiger partial charge on any atom is 0.272 e. The molecule has 2 aliphatic rings. The van der Waals surface area contributed by atoms with Gasteiger partial charge < -0.3 is 15.1 Å². The third kappa shape index (κ3) is 3.82. The quantitative estimate of drug-likeness (QED) is 0.904. The number of nitrogens with zero attached hydrogens (tertiary/aromatic N) is 3. The summed E-state index contributed by atoms with van der Waals surface area (Å²) >= 11 is 0. The van der Waals surface area contributed by atoms with E-state index < -0.39 is 0 Å².